The Morgan fingerprint density at radius 3 is 2.52 bits per heavy atom. The van der Waals surface area contributed by atoms with Gasteiger partial charge in [-0.2, -0.15) is 0 Å². The molecule has 2 amide bonds. The van der Waals surface area contributed by atoms with Gasteiger partial charge in [0, 0.05) is 17.8 Å². The van der Waals surface area contributed by atoms with Crippen LogP contribution in [-0.4, -0.2) is 42.9 Å². The van der Waals surface area contributed by atoms with E-state index in [1.807, 2.05) is 12.1 Å². The molecule has 0 aliphatic carbocycles. The van der Waals surface area contributed by atoms with Crippen LogP contribution in [0.2, 0.25) is 0 Å². The summed E-state index contributed by atoms with van der Waals surface area (Å²) in [5.74, 6) is 0.477. The van der Waals surface area contributed by atoms with E-state index in [1.54, 1.807) is 36.4 Å². The molecule has 2 N–H and O–H groups in total. The molecule has 1 aliphatic heterocycles. The summed E-state index contributed by atoms with van der Waals surface area (Å²) in [5.41, 5.74) is 2.42. The Morgan fingerprint density at radius 2 is 1.81 bits per heavy atom. The van der Waals surface area contributed by atoms with Gasteiger partial charge in [-0.1, -0.05) is 24.3 Å². The van der Waals surface area contributed by atoms with Crippen molar-refractivity contribution in [3.05, 3.63) is 65.5 Å². The van der Waals surface area contributed by atoms with Crippen molar-refractivity contribution in [1.29, 1.82) is 0 Å². The van der Waals surface area contributed by atoms with E-state index in [0.717, 1.165) is 38.9 Å². The van der Waals surface area contributed by atoms with Gasteiger partial charge in [-0.15, -0.1) is 0 Å². The number of hydrogen-bond acceptors (Lipinski definition) is 3. The highest BCUT2D eigenvalue weighted by molar-refractivity contribution is 5.96. The lowest BCUT2D eigenvalue weighted by molar-refractivity contribution is 0.101. The van der Waals surface area contributed by atoms with E-state index in [9.17, 15) is 14.0 Å². The number of carbonyl (C=O) groups is 2. The molecule has 1 heterocycles. The number of carbonyl (C=O) groups excluding carboxylic acids is 2. The maximum atomic E-state index is 13.0. The quantitative estimate of drug-likeness (QED) is 0.444. The zero-order chi connectivity index (χ0) is 22.1. The van der Waals surface area contributed by atoms with Gasteiger partial charge in [0.2, 0.25) is 0 Å². The standard InChI is InChI=1S/C25H32FN3O2/c1-19(30)22-5-4-6-24(18-22)28-25(31)27-13-2-3-14-29-15-11-21(12-16-29)17-20-7-9-23(26)10-8-20/h4-10,18,21H,2-3,11-17H2,1H3,(H2,27,28,31). The van der Waals surface area contributed by atoms with Crippen LogP contribution in [-0.2, 0) is 6.42 Å². The van der Waals surface area contributed by atoms with Crippen LogP contribution in [0.3, 0.4) is 0 Å². The second kappa shape index (κ2) is 11.6. The molecule has 3 rings (SSSR count). The van der Waals surface area contributed by atoms with Crippen LogP contribution in [0.1, 0.15) is 48.5 Å². The first-order chi connectivity index (χ1) is 15.0. The molecule has 1 aliphatic rings. The van der Waals surface area contributed by atoms with Gasteiger partial charge in [0.05, 0.1) is 0 Å². The van der Waals surface area contributed by atoms with Crippen molar-refractivity contribution < 1.29 is 14.0 Å². The highest BCUT2D eigenvalue weighted by Gasteiger charge is 2.19. The van der Waals surface area contributed by atoms with Gasteiger partial charge in [0.15, 0.2) is 5.78 Å². The highest BCUT2D eigenvalue weighted by atomic mass is 19.1. The predicted molar refractivity (Wildman–Crippen MR) is 122 cm³/mol. The largest absolute Gasteiger partial charge is 0.338 e. The Morgan fingerprint density at radius 1 is 1.06 bits per heavy atom. The number of unbranched alkanes of at least 4 members (excludes halogenated alkanes) is 1. The van der Waals surface area contributed by atoms with Crippen molar-refractivity contribution in [1.82, 2.24) is 10.2 Å². The Hall–Kier alpha value is -2.73. The summed E-state index contributed by atoms with van der Waals surface area (Å²) in [6, 6.07) is 13.6. The van der Waals surface area contributed by atoms with Crippen molar-refractivity contribution in [2.24, 2.45) is 5.92 Å². The molecular formula is C25H32FN3O2. The summed E-state index contributed by atoms with van der Waals surface area (Å²) < 4.78 is 13.0. The predicted octanol–water partition coefficient (Wildman–Crippen LogP) is 4.88. The number of anilines is 1. The first kappa shape index (κ1) is 22.9. The fourth-order valence-corrected chi connectivity index (χ4v) is 4.02. The van der Waals surface area contributed by atoms with E-state index >= 15 is 0 Å². The van der Waals surface area contributed by atoms with Crippen molar-refractivity contribution >= 4 is 17.5 Å². The molecule has 0 radical (unpaired) electrons. The smallest absolute Gasteiger partial charge is 0.319 e. The summed E-state index contributed by atoms with van der Waals surface area (Å²) in [6.07, 6.45) is 5.36. The van der Waals surface area contributed by atoms with Crippen molar-refractivity contribution in [3.63, 3.8) is 0 Å². The van der Waals surface area contributed by atoms with E-state index in [1.165, 1.54) is 25.3 Å². The molecule has 2 aromatic rings. The van der Waals surface area contributed by atoms with Gasteiger partial charge >= 0.3 is 6.03 Å². The number of hydrogen-bond donors (Lipinski definition) is 2. The third-order valence-electron chi connectivity index (χ3n) is 5.86. The molecule has 2 aromatic carbocycles. The van der Waals surface area contributed by atoms with Crippen LogP contribution in [0.25, 0.3) is 0 Å². The summed E-state index contributed by atoms with van der Waals surface area (Å²) in [4.78, 5) is 25.9. The summed E-state index contributed by atoms with van der Waals surface area (Å²) in [6.45, 7) is 5.39. The third kappa shape index (κ3) is 7.79. The molecule has 1 saturated heterocycles. The number of halogens is 1. The molecule has 0 aromatic heterocycles. The molecule has 6 heteroatoms. The number of benzene rings is 2. The van der Waals surface area contributed by atoms with Crippen LogP contribution in [0.5, 0.6) is 0 Å². The number of Topliss-reactive ketones (excluding diaryl/α,β-unsaturated/α-hetero) is 1. The zero-order valence-corrected chi connectivity index (χ0v) is 18.2. The van der Waals surface area contributed by atoms with Crippen LogP contribution < -0.4 is 10.6 Å². The van der Waals surface area contributed by atoms with E-state index < -0.39 is 0 Å². The zero-order valence-electron chi connectivity index (χ0n) is 18.2. The van der Waals surface area contributed by atoms with Gasteiger partial charge < -0.3 is 15.5 Å². The molecule has 166 valence electrons. The summed E-state index contributed by atoms with van der Waals surface area (Å²) in [7, 11) is 0. The van der Waals surface area contributed by atoms with E-state index in [0.29, 0.717) is 23.7 Å². The minimum Gasteiger partial charge on any atom is -0.338 e. The second-order valence-corrected chi connectivity index (χ2v) is 8.34. The Bertz CT molecular complexity index is 861. The van der Waals surface area contributed by atoms with Crippen molar-refractivity contribution in [3.8, 4) is 0 Å². The number of ketones is 1. The molecule has 0 saturated carbocycles. The number of likely N-dealkylation sites (tertiary alicyclic amines) is 1. The maximum Gasteiger partial charge on any atom is 0.319 e. The molecule has 31 heavy (non-hydrogen) atoms. The fourth-order valence-electron chi connectivity index (χ4n) is 4.02. The third-order valence-corrected chi connectivity index (χ3v) is 5.86. The number of urea groups is 1. The van der Waals surface area contributed by atoms with E-state index in [2.05, 4.69) is 15.5 Å². The number of rotatable bonds is 9. The van der Waals surface area contributed by atoms with Gasteiger partial charge in [-0.25, -0.2) is 9.18 Å². The number of piperidine rings is 1. The molecule has 1 fully saturated rings. The van der Waals surface area contributed by atoms with Crippen LogP contribution in [0.4, 0.5) is 14.9 Å². The van der Waals surface area contributed by atoms with Crippen molar-refractivity contribution in [2.45, 2.75) is 39.0 Å². The molecule has 5 nitrogen and oxygen atoms in total. The van der Waals surface area contributed by atoms with Crippen LogP contribution >= 0.6 is 0 Å². The average Bonchev–Trinajstić information content (AvgIpc) is 2.76. The molecule has 0 unspecified atom stereocenters. The normalized spacial score (nSPS) is 14.9. The molecule has 0 spiro atoms. The SMILES string of the molecule is CC(=O)c1cccc(NC(=O)NCCCCN2CCC(Cc3ccc(F)cc3)CC2)c1. The van der Waals surface area contributed by atoms with E-state index in [4.69, 9.17) is 0 Å². The van der Waals surface area contributed by atoms with Gasteiger partial charge in [-0.05, 0) is 94.4 Å². The minimum absolute atomic E-state index is 0.0245. The lowest BCUT2D eigenvalue weighted by atomic mass is 9.90. The second-order valence-electron chi connectivity index (χ2n) is 8.34. The monoisotopic (exact) mass is 425 g/mol. The first-order valence-corrected chi connectivity index (χ1v) is 11.1. The van der Waals surface area contributed by atoms with Gasteiger partial charge in [-0.3, -0.25) is 4.79 Å². The Kier molecular flexibility index (Phi) is 8.59. The van der Waals surface area contributed by atoms with E-state index in [-0.39, 0.29) is 17.6 Å². The molecular weight excluding hydrogens is 393 g/mol. The number of nitrogens with zero attached hydrogens (tertiary/aromatic N) is 1. The number of amides is 2. The Balaban J connectivity index is 1.26. The van der Waals surface area contributed by atoms with Crippen molar-refractivity contribution in [2.75, 3.05) is 31.5 Å². The van der Waals surface area contributed by atoms with Crippen LogP contribution in [0, 0.1) is 11.7 Å². The average molecular weight is 426 g/mol. The Labute approximate surface area is 184 Å². The molecule has 0 bridgehead atoms. The highest BCUT2D eigenvalue weighted by Crippen LogP contribution is 2.22. The summed E-state index contributed by atoms with van der Waals surface area (Å²) in [5, 5.41) is 5.65. The number of nitrogens with one attached hydrogen (secondary N) is 2. The summed E-state index contributed by atoms with van der Waals surface area (Å²) >= 11 is 0. The van der Waals surface area contributed by atoms with Gasteiger partial charge in [0.1, 0.15) is 5.82 Å². The lowest BCUT2D eigenvalue weighted by Gasteiger charge is -2.32. The lowest BCUT2D eigenvalue weighted by Crippen LogP contribution is -2.35. The topological polar surface area (TPSA) is 61.4 Å². The van der Waals surface area contributed by atoms with Gasteiger partial charge in [0.25, 0.3) is 0 Å². The molecule has 0 atom stereocenters. The minimum atomic E-state index is -0.248. The maximum absolute atomic E-state index is 13.0. The first-order valence-electron chi connectivity index (χ1n) is 11.1. The van der Waals surface area contributed by atoms with Crippen LogP contribution in [0.15, 0.2) is 48.5 Å². The fraction of sp³-hybridized carbons (Fsp3) is 0.440.